The number of nitrogens with one attached hydrogen (secondary N) is 2. The summed E-state index contributed by atoms with van der Waals surface area (Å²) < 4.78 is 0. The van der Waals surface area contributed by atoms with Gasteiger partial charge in [0.2, 0.25) is 0 Å². The topological polar surface area (TPSA) is 44.4 Å². The molecule has 126 valence electrons. The molecule has 0 saturated carbocycles. The molecule has 2 aromatic carbocycles. The van der Waals surface area contributed by atoms with E-state index < -0.39 is 0 Å². The van der Waals surface area contributed by atoms with E-state index in [0.29, 0.717) is 15.7 Å². The summed E-state index contributed by atoms with van der Waals surface area (Å²) in [4.78, 5) is 14.5. The maximum atomic E-state index is 12.2. The third-order valence-electron chi connectivity index (χ3n) is 4.07. The van der Waals surface area contributed by atoms with Crippen LogP contribution in [0.1, 0.15) is 12.0 Å². The van der Waals surface area contributed by atoms with Crippen LogP contribution in [0, 0.1) is 6.92 Å². The van der Waals surface area contributed by atoms with Crippen molar-refractivity contribution in [3.63, 3.8) is 0 Å². The van der Waals surface area contributed by atoms with Crippen LogP contribution in [0.25, 0.3) is 0 Å². The first-order valence-corrected chi connectivity index (χ1v) is 8.61. The maximum absolute atomic E-state index is 12.2. The SMILES string of the molecule is Cc1cccc(N2CCC(NC(=O)Nc3cc(Cl)ccc3Cl)C2)c1. The van der Waals surface area contributed by atoms with E-state index in [1.807, 2.05) is 0 Å². The fourth-order valence-corrected chi connectivity index (χ4v) is 3.21. The monoisotopic (exact) mass is 363 g/mol. The molecule has 1 heterocycles. The molecule has 0 radical (unpaired) electrons. The minimum Gasteiger partial charge on any atom is -0.369 e. The molecular weight excluding hydrogens is 345 g/mol. The molecule has 6 heteroatoms. The summed E-state index contributed by atoms with van der Waals surface area (Å²) in [6.07, 6.45) is 0.907. The second kappa shape index (κ2) is 7.32. The number of nitrogens with zero attached hydrogens (tertiary/aromatic N) is 1. The molecule has 0 aromatic heterocycles. The van der Waals surface area contributed by atoms with Crippen molar-refractivity contribution in [2.24, 2.45) is 0 Å². The molecule has 4 nitrogen and oxygen atoms in total. The average Bonchev–Trinajstić information content (AvgIpc) is 2.99. The molecule has 1 aliphatic heterocycles. The molecule has 0 bridgehead atoms. The second-order valence-electron chi connectivity index (χ2n) is 5.99. The van der Waals surface area contributed by atoms with Gasteiger partial charge in [0.15, 0.2) is 0 Å². The van der Waals surface area contributed by atoms with E-state index in [1.54, 1.807) is 18.2 Å². The van der Waals surface area contributed by atoms with Crippen LogP contribution >= 0.6 is 23.2 Å². The summed E-state index contributed by atoms with van der Waals surface area (Å²) in [7, 11) is 0. The molecule has 1 unspecified atom stereocenters. The highest BCUT2D eigenvalue weighted by molar-refractivity contribution is 6.35. The standard InChI is InChI=1S/C18H19Cl2N3O/c1-12-3-2-4-15(9-12)23-8-7-14(11-23)21-18(24)22-17-10-13(19)5-6-16(17)20/h2-6,9-10,14H,7-8,11H2,1H3,(H2,21,22,24). The highest BCUT2D eigenvalue weighted by atomic mass is 35.5. The van der Waals surface area contributed by atoms with E-state index in [9.17, 15) is 4.79 Å². The number of benzene rings is 2. The van der Waals surface area contributed by atoms with Gasteiger partial charge in [-0.1, -0.05) is 35.3 Å². The first-order valence-electron chi connectivity index (χ1n) is 7.85. The summed E-state index contributed by atoms with van der Waals surface area (Å²) in [6, 6.07) is 13.2. The van der Waals surface area contributed by atoms with Crippen molar-refractivity contribution in [2.45, 2.75) is 19.4 Å². The first-order chi connectivity index (χ1) is 11.5. The molecule has 2 aromatic rings. The molecule has 1 fully saturated rings. The number of urea groups is 1. The number of hydrogen-bond donors (Lipinski definition) is 2. The third kappa shape index (κ3) is 4.13. The zero-order valence-electron chi connectivity index (χ0n) is 13.4. The van der Waals surface area contributed by atoms with Gasteiger partial charge in [0.05, 0.1) is 10.7 Å². The average molecular weight is 364 g/mol. The minimum absolute atomic E-state index is 0.100. The zero-order valence-corrected chi connectivity index (χ0v) is 14.9. The van der Waals surface area contributed by atoms with Crippen LogP contribution in [0.15, 0.2) is 42.5 Å². The number of anilines is 2. The van der Waals surface area contributed by atoms with Gasteiger partial charge in [-0.15, -0.1) is 0 Å². The molecule has 1 atom stereocenters. The highest BCUT2D eigenvalue weighted by Gasteiger charge is 2.24. The van der Waals surface area contributed by atoms with Crippen molar-refractivity contribution < 1.29 is 4.79 Å². The Bertz CT molecular complexity index is 751. The Morgan fingerprint density at radius 2 is 2.04 bits per heavy atom. The number of aryl methyl sites for hydroxylation is 1. The Labute approximate surface area is 151 Å². The van der Waals surface area contributed by atoms with Gasteiger partial charge in [0, 0.05) is 29.8 Å². The predicted octanol–water partition coefficient (Wildman–Crippen LogP) is 4.70. The summed E-state index contributed by atoms with van der Waals surface area (Å²) in [5.74, 6) is 0. The quantitative estimate of drug-likeness (QED) is 0.829. The van der Waals surface area contributed by atoms with Gasteiger partial charge < -0.3 is 15.5 Å². The van der Waals surface area contributed by atoms with Crippen molar-refractivity contribution in [2.75, 3.05) is 23.3 Å². The van der Waals surface area contributed by atoms with Crippen LogP contribution < -0.4 is 15.5 Å². The van der Waals surface area contributed by atoms with Crippen molar-refractivity contribution in [3.8, 4) is 0 Å². The number of carbonyl (C=O) groups excluding carboxylic acids is 1. The van der Waals surface area contributed by atoms with Crippen LogP contribution in [0.5, 0.6) is 0 Å². The van der Waals surface area contributed by atoms with E-state index in [1.165, 1.54) is 11.3 Å². The number of halogens is 2. The van der Waals surface area contributed by atoms with E-state index in [4.69, 9.17) is 23.2 Å². The summed E-state index contributed by atoms with van der Waals surface area (Å²) in [6.45, 7) is 3.80. The van der Waals surface area contributed by atoms with Crippen LogP contribution in [0.2, 0.25) is 10.0 Å². The van der Waals surface area contributed by atoms with Gasteiger partial charge in [-0.2, -0.15) is 0 Å². The third-order valence-corrected chi connectivity index (χ3v) is 4.63. The lowest BCUT2D eigenvalue weighted by atomic mass is 10.2. The second-order valence-corrected chi connectivity index (χ2v) is 6.84. The largest absolute Gasteiger partial charge is 0.369 e. The van der Waals surface area contributed by atoms with Crippen LogP contribution in [-0.4, -0.2) is 25.2 Å². The predicted molar refractivity (Wildman–Crippen MR) is 100 cm³/mol. The van der Waals surface area contributed by atoms with Gasteiger partial charge >= 0.3 is 6.03 Å². The maximum Gasteiger partial charge on any atom is 0.319 e. The smallest absolute Gasteiger partial charge is 0.319 e. The van der Waals surface area contributed by atoms with Crippen LogP contribution in [-0.2, 0) is 0 Å². The lowest BCUT2D eigenvalue weighted by Gasteiger charge is -2.19. The molecule has 3 rings (SSSR count). The number of hydrogen-bond acceptors (Lipinski definition) is 2. The lowest BCUT2D eigenvalue weighted by molar-refractivity contribution is 0.249. The minimum atomic E-state index is -0.268. The fourth-order valence-electron chi connectivity index (χ4n) is 2.87. The number of carbonyl (C=O) groups is 1. The summed E-state index contributed by atoms with van der Waals surface area (Å²) in [5, 5.41) is 6.74. The molecule has 0 spiro atoms. The normalized spacial score (nSPS) is 17.0. The van der Waals surface area contributed by atoms with Crippen molar-refractivity contribution >= 4 is 40.6 Å². The lowest BCUT2D eigenvalue weighted by Crippen LogP contribution is -2.39. The Morgan fingerprint density at radius 3 is 2.83 bits per heavy atom. The zero-order chi connectivity index (χ0) is 17.1. The summed E-state index contributed by atoms with van der Waals surface area (Å²) in [5.41, 5.74) is 2.94. The molecule has 1 aliphatic rings. The Hall–Kier alpha value is -1.91. The Morgan fingerprint density at radius 1 is 1.21 bits per heavy atom. The van der Waals surface area contributed by atoms with E-state index in [0.717, 1.165) is 19.5 Å². The van der Waals surface area contributed by atoms with E-state index in [-0.39, 0.29) is 12.1 Å². The van der Waals surface area contributed by atoms with E-state index >= 15 is 0 Å². The first kappa shape index (κ1) is 16.9. The Balaban J connectivity index is 1.57. The number of amides is 2. The van der Waals surface area contributed by atoms with Crippen molar-refractivity contribution in [3.05, 3.63) is 58.1 Å². The molecule has 2 N–H and O–H groups in total. The van der Waals surface area contributed by atoms with Gasteiger partial charge in [-0.3, -0.25) is 0 Å². The number of rotatable bonds is 3. The molecule has 24 heavy (non-hydrogen) atoms. The van der Waals surface area contributed by atoms with Crippen molar-refractivity contribution in [1.82, 2.24) is 5.32 Å². The van der Waals surface area contributed by atoms with E-state index in [2.05, 4.69) is 46.7 Å². The van der Waals surface area contributed by atoms with Gasteiger partial charge in [0.25, 0.3) is 0 Å². The summed E-state index contributed by atoms with van der Waals surface area (Å²) >= 11 is 12.0. The fraction of sp³-hybridized carbons (Fsp3) is 0.278. The van der Waals surface area contributed by atoms with Gasteiger partial charge in [-0.05, 0) is 49.2 Å². The molecule has 0 aliphatic carbocycles. The molecule has 2 amide bonds. The molecular formula is C18H19Cl2N3O. The van der Waals surface area contributed by atoms with Crippen molar-refractivity contribution in [1.29, 1.82) is 0 Å². The van der Waals surface area contributed by atoms with Gasteiger partial charge in [-0.25, -0.2) is 4.79 Å². The van der Waals surface area contributed by atoms with Crippen LogP contribution in [0.3, 0.4) is 0 Å². The molecule has 1 saturated heterocycles. The highest BCUT2D eigenvalue weighted by Crippen LogP contribution is 2.25. The van der Waals surface area contributed by atoms with Gasteiger partial charge in [0.1, 0.15) is 0 Å². The Kier molecular flexibility index (Phi) is 5.17. The van der Waals surface area contributed by atoms with Crippen LogP contribution in [0.4, 0.5) is 16.2 Å².